The highest BCUT2D eigenvalue weighted by molar-refractivity contribution is 5.82. The zero-order valence-electron chi connectivity index (χ0n) is 29.9. The van der Waals surface area contributed by atoms with E-state index in [-0.39, 0.29) is 11.9 Å². The van der Waals surface area contributed by atoms with Gasteiger partial charge in [-0.05, 0) is 76.7 Å². The Morgan fingerprint density at radius 2 is 0.750 bits per heavy atom. The molecule has 1 unspecified atom stereocenters. The number of carbonyl (C=O) groups is 1. The molecule has 0 spiro atoms. The van der Waals surface area contributed by atoms with Crippen molar-refractivity contribution in [2.45, 2.75) is 219 Å². The summed E-state index contributed by atoms with van der Waals surface area (Å²) >= 11 is 0. The van der Waals surface area contributed by atoms with Crippen LogP contribution in [0.1, 0.15) is 219 Å². The number of hydrogen-bond donors (Lipinski definition) is 0. The van der Waals surface area contributed by atoms with E-state index in [0.717, 1.165) is 25.0 Å². The quantitative estimate of drug-likeness (QED) is 0.0410. The molecule has 0 aromatic rings. The number of allylic oxidation sites excluding steroid dienone is 5. The van der Waals surface area contributed by atoms with E-state index in [1.165, 1.54) is 186 Å². The van der Waals surface area contributed by atoms with Crippen LogP contribution in [0.4, 0.5) is 0 Å². The zero-order chi connectivity index (χ0) is 31.6. The Morgan fingerprint density at radius 1 is 0.432 bits per heavy atom. The van der Waals surface area contributed by atoms with Crippen molar-refractivity contribution < 1.29 is 9.53 Å². The lowest BCUT2D eigenvalue weighted by Gasteiger charge is -2.28. The minimum atomic E-state index is 0.0136. The van der Waals surface area contributed by atoms with E-state index in [2.05, 4.69) is 44.2 Å². The van der Waals surface area contributed by atoms with Crippen LogP contribution in [-0.4, -0.2) is 5.97 Å². The summed E-state index contributed by atoms with van der Waals surface area (Å²) in [6.07, 6.45) is 54.2. The predicted molar refractivity (Wildman–Crippen MR) is 195 cm³/mol. The Labute approximate surface area is 276 Å². The van der Waals surface area contributed by atoms with Crippen molar-refractivity contribution in [1.82, 2.24) is 0 Å². The second kappa shape index (κ2) is 33.1. The lowest BCUT2D eigenvalue weighted by atomic mass is 9.93. The minimum Gasteiger partial charge on any atom is -0.430 e. The lowest BCUT2D eigenvalue weighted by Crippen LogP contribution is -2.32. The summed E-state index contributed by atoms with van der Waals surface area (Å²) in [5.41, 5.74) is 0. The minimum absolute atomic E-state index is 0.0136. The first-order valence-electron chi connectivity index (χ1n) is 20.0. The predicted octanol–water partition coefficient (Wildman–Crippen LogP) is 14.7. The lowest BCUT2D eigenvalue weighted by molar-refractivity contribution is -0.157. The molecule has 2 nitrogen and oxygen atoms in total. The van der Waals surface area contributed by atoms with Crippen molar-refractivity contribution >= 4 is 5.97 Å². The maximum absolute atomic E-state index is 12.0. The number of esters is 1. The molecule has 1 fully saturated rings. The van der Waals surface area contributed by atoms with Gasteiger partial charge in [0.05, 0.1) is 0 Å². The normalized spacial score (nSPS) is 16.0. The third-order valence-corrected chi connectivity index (χ3v) is 9.41. The molecule has 0 amide bonds. The van der Waals surface area contributed by atoms with Gasteiger partial charge in [-0.2, -0.15) is 0 Å². The second-order valence-electron chi connectivity index (χ2n) is 13.7. The van der Waals surface area contributed by atoms with Gasteiger partial charge in [-0.1, -0.05) is 173 Å². The van der Waals surface area contributed by atoms with Crippen LogP contribution in [0.25, 0.3) is 0 Å². The summed E-state index contributed by atoms with van der Waals surface area (Å²) in [5.74, 6) is 1.06. The van der Waals surface area contributed by atoms with Crippen LogP contribution >= 0.6 is 0 Å². The number of ether oxygens (including phenoxy) is 1. The van der Waals surface area contributed by atoms with E-state index >= 15 is 0 Å². The molecular weight excluding hydrogens is 536 g/mol. The van der Waals surface area contributed by atoms with Crippen LogP contribution in [0.2, 0.25) is 0 Å². The second-order valence-corrected chi connectivity index (χ2v) is 13.7. The molecular formula is C42H76O2. The van der Waals surface area contributed by atoms with Crippen molar-refractivity contribution in [2.24, 2.45) is 5.92 Å². The van der Waals surface area contributed by atoms with Gasteiger partial charge in [-0.15, -0.1) is 0 Å². The topological polar surface area (TPSA) is 26.3 Å². The van der Waals surface area contributed by atoms with Crippen LogP contribution < -0.4 is 0 Å². The number of carbonyl (C=O) groups excluding carboxylic acids is 1. The fourth-order valence-electron chi connectivity index (χ4n) is 6.35. The third kappa shape index (κ3) is 26.0. The van der Waals surface area contributed by atoms with Gasteiger partial charge in [0, 0.05) is 0 Å². The van der Waals surface area contributed by atoms with Gasteiger partial charge in [0.25, 0.3) is 0 Å². The summed E-state index contributed by atoms with van der Waals surface area (Å²) in [6.45, 7) is 4.56. The molecule has 1 saturated heterocycles. The molecule has 0 aliphatic carbocycles. The van der Waals surface area contributed by atoms with Crippen molar-refractivity contribution in [1.29, 1.82) is 0 Å². The highest BCUT2D eigenvalue weighted by atomic mass is 16.6. The van der Waals surface area contributed by atoms with Crippen molar-refractivity contribution in [2.75, 3.05) is 0 Å². The van der Waals surface area contributed by atoms with Gasteiger partial charge in [-0.3, -0.25) is 4.79 Å². The summed E-state index contributed by atoms with van der Waals surface area (Å²) in [7, 11) is 0. The van der Waals surface area contributed by atoms with Crippen molar-refractivity contribution in [3.8, 4) is 0 Å². The molecule has 1 aliphatic heterocycles. The van der Waals surface area contributed by atoms with Crippen LogP contribution in [0.5, 0.6) is 0 Å². The van der Waals surface area contributed by atoms with Gasteiger partial charge in [-0.25, -0.2) is 0 Å². The van der Waals surface area contributed by atoms with Crippen molar-refractivity contribution in [3.63, 3.8) is 0 Å². The molecule has 0 N–H and O–H groups in total. The first kappa shape index (κ1) is 40.7. The largest absolute Gasteiger partial charge is 0.430 e. The van der Waals surface area contributed by atoms with E-state index in [0.29, 0.717) is 0 Å². The zero-order valence-corrected chi connectivity index (χ0v) is 29.9. The molecule has 1 rings (SSSR count). The number of cyclic esters (lactones) is 1. The SMILES string of the molecule is CCCCCCC/C=C/CCCCCCCCCC/C=C1/OC(=O)C1CCCCCCCCCC/C=C/CCCCCCC. The van der Waals surface area contributed by atoms with Gasteiger partial charge in [0.2, 0.25) is 0 Å². The standard InChI is InChI=1S/C42H76O2/c1-3-5-7-9-11-13-15-17-19-21-23-25-27-29-31-33-35-37-39-41-40(42(43)44-41)38-36-34-32-30-28-26-24-22-20-18-16-14-12-10-8-6-4-2/h15-18,39-40H,3-14,19-38H2,1-2H3/b17-15+,18-16+,41-39+. The van der Waals surface area contributed by atoms with Crippen LogP contribution in [0.3, 0.4) is 0 Å². The summed E-state index contributed by atoms with van der Waals surface area (Å²) in [4.78, 5) is 12.0. The number of hydrogen-bond acceptors (Lipinski definition) is 2. The molecule has 1 atom stereocenters. The molecule has 0 saturated carbocycles. The Morgan fingerprint density at radius 3 is 1.11 bits per heavy atom. The first-order chi connectivity index (χ1) is 21.8. The molecule has 1 heterocycles. The van der Waals surface area contributed by atoms with E-state index in [1.54, 1.807) is 0 Å². The smallest absolute Gasteiger partial charge is 0.321 e. The molecule has 0 aromatic carbocycles. The maximum atomic E-state index is 12.0. The van der Waals surface area contributed by atoms with Gasteiger partial charge >= 0.3 is 5.97 Å². The average molecular weight is 613 g/mol. The van der Waals surface area contributed by atoms with E-state index in [9.17, 15) is 4.79 Å². The Bertz CT molecular complexity index is 703. The molecule has 0 radical (unpaired) electrons. The van der Waals surface area contributed by atoms with Gasteiger partial charge in [0.1, 0.15) is 11.7 Å². The molecule has 44 heavy (non-hydrogen) atoms. The van der Waals surface area contributed by atoms with E-state index in [4.69, 9.17) is 4.74 Å². The summed E-state index contributed by atoms with van der Waals surface area (Å²) in [5, 5.41) is 0. The monoisotopic (exact) mass is 613 g/mol. The Balaban J connectivity index is 1.84. The first-order valence-corrected chi connectivity index (χ1v) is 20.0. The molecule has 0 bridgehead atoms. The maximum Gasteiger partial charge on any atom is 0.321 e. The highest BCUT2D eigenvalue weighted by Crippen LogP contribution is 2.32. The van der Waals surface area contributed by atoms with Gasteiger partial charge in [0.15, 0.2) is 0 Å². The average Bonchev–Trinajstić information content (AvgIpc) is 3.03. The van der Waals surface area contributed by atoms with Crippen LogP contribution in [-0.2, 0) is 9.53 Å². The molecule has 0 aromatic heterocycles. The molecule has 1 aliphatic rings. The Hall–Kier alpha value is -1.31. The molecule has 2 heteroatoms. The van der Waals surface area contributed by atoms with Gasteiger partial charge < -0.3 is 4.74 Å². The third-order valence-electron chi connectivity index (χ3n) is 9.41. The fraction of sp³-hybridized carbons (Fsp3) is 0.833. The molecule has 256 valence electrons. The highest BCUT2D eigenvalue weighted by Gasteiger charge is 2.36. The van der Waals surface area contributed by atoms with Crippen molar-refractivity contribution in [3.05, 3.63) is 36.1 Å². The summed E-state index contributed by atoms with van der Waals surface area (Å²) in [6, 6.07) is 0. The number of unbranched alkanes of at least 4 members (excludes halogenated alkanes) is 27. The van der Waals surface area contributed by atoms with Crippen LogP contribution in [0, 0.1) is 5.92 Å². The van der Waals surface area contributed by atoms with Crippen LogP contribution in [0.15, 0.2) is 36.1 Å². The van der Waals surface area contributed by atoms with E-state index in [1.807, 2.05) is 0 Å². The summed E-state index contributed by atoms with van der Waals surface area (Å²) < 4.78 is 5.38. The van der Waals surface area contributed by atoms with E-state index < -0.39 is 0 Å². The Kier molecular flexibility index (Phi) is 30.6. The number of rotatable bonds is 34. The fourth-order valence-corrected chi connectivity index (χ4v) is 6.35.